The summed E-state index contributed by atoms with van der Waals surface area (Å²) in [7, 11) is 0. The van der Waals surface area contributed by atoms with Crippen molar-refractivity contribution in [1.29, 1.82) is 0 Å². The van der Waals surface area contributed by atoms with Gasteiger partial charge in [0.2, 0.25) is 0 Å². The van der Waals surface area contributed by atoms with Gasteiger partial charge < -0.3 is 10.0 Å². The molecule has 1 saturated heterocycles. The van der Waals surface area contributed by atoms with E-state index in [4.69, 9.17) is 0 Å². The average Bonchev–Trinajstić information content (AvgIpc) is 2.74. The van der Waals surface area contributed by atoms with E-state index in [1.807, 2.05) is 6.07 Å². The fraction of sp³-hybridized carbons (Fsp3) is 0.462. The van der Waals surface area contributed by atoms with Gasteiger partial charge in [-0.25, -0.2) is 4.39 Å². The molecule has 2 aromatic carbocycles. The van der Waals surface area contributed by atoms with E-state index in [1.165, 1.54) is 32.1 Å². The van der Waals surface area contributed by atoms with E-state index in [0.717, 1.165) is 69.6 Å². The number of likely N-dealkylation sites (tertiary alicyclic amines) is 1. The van der Waals surface area contributed by atoms with Gasteiger partial charge in [-0.2, -0.15) is 0 Å². The predicted molar refractivity (Wildman–Crippen MR) is 121 cm³/mol. The third kappa shape index (κ3) is 4.10. The minimum absolute atomic E-state index is 0.0766. The number of nitrogens with zero attached hydrogens (tertiary/aromatic N) is 1. The van der Waals surface area contributed by atoms with Crippen LogP contribution < -0.4 is 0 Å². The molecule has 3 aliphatic rings. The molecule has 1 aliphatic carbocycles. The first-order valence-corrected chi connectivity index (χ1v) is 12.1. The number of benzene rings is 2. The smallest absolute Gasteiger partial charge is 0.123 e. The Bertz CT molecular complexity index is 967. The zero-order valence-corrected chi connectivity index (χ0v) is 18.5. The van der Waals surface area contributed by atoms with E-state index in [1.54, 1.807) is 23.9 Å². The molecule has 1 saturated carbocycles. The molecule has 0 aromatic heterocycles. The summed E-state index contributed by atoms with van der Waals surface area (Å²) in [5, 5.41) is 9.76. The molecule has 0 radical (unpaired) electrons. The van der Waals surface area contributed by atoms with Crippen molar-refractivity contribution in [2.24, 2.45) is 5.92 Å². The Balaban J connectivity index is 1.40. The number of halogens is 1. The molecule has 158 valence electrons. The van der Waals surface area contributed by atoms with Crippen molar-refractivity contribution in [3.63, 3.8) is 0 Å². The number of aliphatic hydroxyl groups excluding tert-OH is 1. The lowest BCUT2D eigenvalue weighted by molar-refractivity contribution is 0.0923. The summed E-state index contributed by atoms with van der Waals surface area (Å²) in [6, 6.07) is 11.9. The van der Waals surface area contributed by atoms with Crippen LogP contribution in [0.5, 0.6) is 0 Å². The molecule has 5 rings (SSSR count). The van der Waals surface area contributed by atoms with Gasteiger partial charge in [0.15, 0.2) is 0 Å². The first kappa shape index (κ1) is 20.3. The van der Waals surface area contributed by atoms with E-state index < -0.39 is 0 Å². The molecule has 30 heavy (non-hydrogen) atoms. The maximum atomic E-state index is 14.2. The summed E-state index contributed by atoms with van der Waals surface area (Å²) in [5.41, 5.74) is 6.36. The SMILES string of the molecule is Cc1ccc2c(c1)Sc1ccc(F)cc1C2=C1CCN(CC2CCC(O)CC2)CC1. The largest absolute Gasteiger partial charge is 0.393 e. The van der Waals surface area contributed by atoms with Crippen molar-refractivity contribution in [2.45, 2.75) is 61.3 Å². The Labute approximate surface area is 183 Å². The summed E-state index contributed by atoms with van der Waals surface area (Å²) in [5.74, 6) is 0.576. The summed E-state index contributed by atoms with van der Waals surface area (Å²) in [6.45, 7) is 5.45. The van der Waals surface area contributed by atoms with Crippen molar-refractivity contribution >= 4 is 17.3 Å². The van der Waals surface area contributed by atoms with Crippen molar-refractivity contribution in [3.05, 3.63) is 64.5 Å². The van der Waals surface area contributed by atoms with Crippen LogP contribution in [0, 0.1) is 18.7 Å². The molecule has 4 heteroatoms. The predicted octanol–water partition coefficient (Wildman–Crippen LogP) is 6.05. The summed E-state index contributed by atoms with van der Waals surface area (Å²) in [6.07, 6.45) is 6.27. The standard InChI is InChI=1S/C26H30FNOS/c1-17-2-8-22-25(14-17)30-24-9-5-20(27)15-23(24)26(22)19-10-12-28(13-11-19)16-18-3-6-21(29)7-4-18/h2,5,8-9,14-15,18,21,29H,3-4,6-7,10-13,16H2,1H3. The van der Waals surface area contributed by atoms with Gasteiger partial charge in [-0.1, -0.05) is 29.5 Å². The lowest BCUT2D eigenvalue weighted by Crippen LogP contribution is -2.36. The summed E-state index contributed by atoms with van der Waals surface area (Å²) < 4.78 is 14.2. The maximum Gasteiger partial charge on any atom is 0.123 e. The molecular formula is C26H30FNOS. The monoisotopic (exact) mass is 423 g/mol. The highest BCUT2D eigenvalue weighted by atomic mass is 32.2. The highest BCUT2D eigenvalue weighted by Crippen LogP contribution is 2.48. The number of piperidine rings is 1. The van der Waals surface area contributed by atoms with Gasteiger partial charge in [0, 0.05) is 29.4 Å². The molecule has 2 aliphatic heterocycles. The van der Waals surface area contributed by atoms with Crippen LogP contribution in [0.3, 0.4) is 0 Å². The second kappa shape index (κ2) is 8.49. The molecule has 0 unspecified atom stereocenters. The Morgan fingerprint density at radius 3 is 2.50 bits per heavy atom. The molecule has 0 bridgehead atoms. The Hall–Kier alpha value is -1.62. The number of aliphatic hydroxyl groups is 1. The zero-order chi connectivity index (χ0) is 20.7. The van der Waals surface area contributed by atoms with E-state index in [9.17, 15) is 9.50 Å². The van der Waals surface area contributed by atoms with Gasteiger partial charge in [0.1, 0.15) is 5.82 Å². The molecule has 2 heterocycles. The Morgan fingerprint density at radius 1 is 0.967 bits per heavy atom. The molecular weight excluding hydrogens is 393 g/mol. The lowest BCUT2D eigenvalue weighted by Gasteiger charge is -2.35. The highest BCUT2D eigenvalue weighted by molar-refractivity contribution is 7.99. The second-order valence-electron chi connectivity index (χ2n) is 9.20. The Morgan fingerprint density at radius 2 is 1.73 bits per heavy atom. The van der Waals surface area contributed by atoms with E-state index >= 15 is 0 Å². The Kier molecular flexibility index (Phi) is 5.74. The number of hydrogen-bond donors (Lipinski definition) is 1. The van der Waals surface area contributed by atoms with Crippen LogP contribution in [-0.4, -0.2) is 35.7 Å². The van der Waals surface area contributed by atoms with Crippen molar-refractivity contribution in [3.8, 4) is 0 Å². The van der Waals surface area contributed by atoms with Crippen LogP contribution in [0.2, 0.25) is 0 Å². The topological polar surface area (TPSA) is 23.5 Å². The van der Waals surface area contributed by atoms with Crippen LogP contribution in [0.1, 0.15) is 55.2 Å². The summed E-state index contributed by atoms with van der Waals surface area (Å²) >= 11 is 1.77. The van der Waals surface area contributed by atoms with Crippen molar-refractivity contribution in [1.82, 2.24) is 4.90 Å². The minimum Gasteiger partial charge on any atom is -0.393 e. The molecule has 2 nitrogen and oxygen atoms in total. The third-order valence-corrected chi connectivity index (χ3v) is 8.12. The number of hydrogen-bond acceptors (Lipinski definition) is 3. The number of aryl methyl sites for hydroxylation is 1. The van der Waals surface area contributed by atoms with Crippen LogP contribution in [0.25, 0.3) is 5.57 Å². The zero-order valence-electron chi connectivity index (χ0n) is 17.7. The number of fused-ring (bicyclic) bond motifs is 2. The normalized spacial score (nSPS) is 24.5. The minimum atomic E-state index is -0.153. The fourth-order valence-corrected chi connectivity index (χ4v) is 6.47. The quantitative estimate of drug-likeness (QED) is 0.543. The molecule has 2 fully saturated rings. The van der Waals surface area contributed by atoms with Crippen LogP contribution in [0.4, 0.5) is 4.39 Å². The lowest BCUT2D eigenvalue weighted by atomic mass is 9.85. The van der Waals surface area contributed by atoms with Gasteiger partial charge in [-0.05, 0) is 97.9 Å². The molecule has 0 atom stereocenters. The van der Waals surface area contributed by atoms with Crippen molar-refractivity contribution in [2.75, 3.05) is 19.6 Å². The second-order valence-corrected chi connectivity index (χ2v) is 10.3. The van der Waals surface area contributed by atoms with Gasteiger partial charge in [-0.3, -0.25) is 0 Å². The third-order valence-electron chi connectivity index (χ3n) is 6.98. The molecule has 0 spiro atoms. The summed E-state index contributed by atoms with van der Waals surface area (Å²) in [4.78, 5) is 5.06. The van der Waals surface area contributed by atoms with Crippen LogP contribution in [-0.2, 0) is 0 Å². The van der Waals surface area contributed by atoms with Crippen molar-refractivity contribution < 1.29 is 9.50 Å². The van der Waals surface area contributed by atoms with E-state index in [0.29, 0.717) is 0 Å². The van der Waals surface area contributed by atoms with Gasteiger partial charge in [0.05, 0.1) is 6.10 Å². The van der Waals surface area contributed by atoms with Gasteiger partial charge >= 0.3 is 0 Å². The van der Waals surface area contributed by atoms with Gasteiger partial charge in [0.25, 0.3) is 0 Å². The van der Waals surface area contributed by atoms with Crippen LogP contribution in [0.15, 0.2) is 51.8 Å². The molecule has 0 amide bonds. The van der Waals surface area contributed by atoms with Crippen LogP contribution >= 0.6 is 11.8 Å². The maximum absolute atomic E-state index is 14.2. The number of rotatable bonds is 2. The first-order valence-electron chi connectivity index (χ1n) is 11.3. The first-order chi connectivity index (χ1) is 14.6. The molecule has 2 aromatic rings. The van der Waals surface area contributed by atoms with E-state index in [-0.39, 0.29) is 11.9 Å². The van der Waals surface area contributed by atoms with Gasteiger partial charge in [-0.15, -0.1) is 0 Å². The fourth-order valence-electron chi connectivity index (χ4n) is 5.30. The van der Waals surface area contributed by atoms with E-state index in [2.05, 4.69) is 30.0 Å². The average molecular weight is 424 g/mol. The highest BCUT2D eigenvalue weighted by Gasteiger charge is 2.28. The molecule has 1 N–H and O–H groups in total.